The molecule has 1 aliphatic rings. The molecule has 0 spiro atoms. The molecule has 12 heteroatoms. The summed E-state index contributed by atoms with van der Waals surface area (Å²) in [5, 5.41) is 0.929. The lowest BCUT2D eigenvalue weighted by molar-refractivity contribution is -0.139. The van der Waals surface area contributed by atoms with Gasteiger partial charge in [-0.15, -0.1) is 0 Å². The molecule has 12 nitrogen and oxygen atoms in total. The highest BCUT2D eigenvalue weighted by molar-refractivity contribution is 5.96. The van der Waals surface area contributed by atoms with Gasteiger partial charge in [-0.3, -0.25) is 9.59 Å². The van der Waals surface area contributed by atoms with Crippen molar-refractivity contribution in [3.8, 4) is 22.8 Å². The first-order chi connectivity index (χ1) is 22.8. The Morgan fingerprint density at radius 2 is 1.34 bits per heavy atom. The number of carbonyl (C=O) groups excluding carboxylic acids is 3. The van der Waals surface area contributed by atoms with E-state index in [9.17, 15) is 14.4 Å². The monoisotopic (exact) mass is 645 g/mol. The normalized spacial score (nSPS) is 14.0. The number of ether oxygens (including phenoxy) is 6. The molecule has 0 unspecified atom stereocenters. The highest BCUT2D eigenvalue weighted by atomic mass is 16.5. The van der Waals surface area contributed by atoms with Crippen LogP contribution in [0, 0.1) is 6.92 Å². The van der Waals surface area contributed by atoms with E-state index in [4.69, 9.17) is 28.4 Å². The van der Waals surface area contributed by atoms with Crippen molar-refractivity contribution in [1.29, 1.82) is 0 Å². The molecular weight excluding hydrogens is 606 g/mol. The number of H-pyrrole nitrogens is 1. The lowest BCUT2D eigenvalue weighted by Gasteiger charge is -2.27. The van der Waals surface area contributed by atoms with Gasteiger partial charge in [-0.25, -0.2) is 4.79 Å². The first-order valence-electron chi connectivity index (χ1n) is 15.2. The first kappa shape index (κ1) is 33.1. The summed E-state index contributed by atoms with van der Waals surface area (Å²) < 4.78 is 33.4. The lowest BCUT2D eigenvalue weighted by Crippen LogP contribution is -2.36. The van der Waals surface area contributed by atoms with Crippen LogP contribution < -0.4 is 19.3 Å². The average Bonchev–Trinajstić information content (AvgIpc) is 3.51. The van der Waals surface area contributed by atoms with Crippen LogP contribution in [0.3, 0.4) is 0 Å². The smallest absolute Gasteiger partial charge is 0.337 e. The van der Waals surface area contributed by atoms with Crippen molar-refractivity contribution >= 4 is 40.2 Å². The Bertz CT molecular complexity index is 1730. The van der Waals surface area contributed by atoms with Crippen molar-refractivity contribution in [3.05, 3.63) is 71.8 Å². The number of hydrogen-bond donors (Lipinski definition) is 1. The fourth-order valence-electron chi connectivity index (χ4n) is 5.35. The molecular formula is C35H39N3O9. The van der Waals surface area contributed by atoms with Crippen LogP contribution in [0.1, 0.15) is 15.9 Å². The zero-order valence-corrected chi connectivity index (χ0v) is 27.0. The number of aryl methyl sites for hydroxylation is 1. The number of hydrogen-bond acceptors (Lipinski definition) is 11. The van der Waals surface area contributed by atoms with Gasteiger partial charge in [0.05, 0.1) is 51.5 Å². The number of anilines is 2. The number of nitrogens with zero attached hydrogens (tertiary/aromatic N) is 2. The maximum absolute atomic E-state index is 12.5. The third-order valence-corrected chi connectivity index (χ3v) is 7.82. The summed E-state index contributed by atoms with van der Waals surface area (Å²) in [5.41, 5.74) is 5.32. The molecule has 248 valence electrons. The molecule has 0 saturated carbocycles. The fraction of sp³-hybridized carbons (Fsp3) is 0.343. The van der Waals surface area contributed by atoms with Crippen molar-refractivity contribution in [2.75, 3.05) is 83.7 Å². The summed E-state index contributed by atoms with van der Waals surface area (Å²) >= 11 is 0. The summed E-state index contributed by atoms with van der Waals surface area (Å²) in [6.45, 7) is 3.77. The molecule has 0 bridgehead atoms. The Morgan fingerprint density at radius 3 is 1.96 bits per heavy atom. The molecule has 2 heterocycles. The number of fused-ring (bicyclic) bond motifs is 3. The third-order valence-electron chi connectivity index (χ3n) is 7.82. The van der Waals surface area contributed by atoms with Gasteiger partial charge in [-0.2, -0.15) is 0 Å². The number of carbonyl (C=O) groups is 3. The largest absolute Gasteiger partial charge is 0.488 e. The van der Waals surface area contributed by atoms with Gasteiger partial charge in [0.15, 0.2) is 0 Å². The van der Waals surface area contributed by atoms with Crippen LogP contribution >= 0.6 is 0 Å². The minimum absolute atomic E-state index is 0.0199. The number of esters is 3. The van der Waals surface area contributed by atoms with Crippen LogP contribution in [0.4, 0.5) is 11.4 Å². The van der Waals surface area contributed by atoms with Crippen LogP contribution in [0.2, 0.25) is 0 Å². The number of benzene rings is 3. The molecule has 0 atom stereocenters. The molecule has 3 aromatic carbocycles. The van der Waals surface area contributed by atoms with Crippen LogP contribution in [0.15, 0.2) is 60.7 Å². The fourth-order valence-corrected chi connectivity index (χ4v) is 5.35. The quantitative estimate of drug-likeness (QED) is 0.237. The molecule has 4 aromatic rings. The summed E-state index contributed by atoms with van der Waals surface area (Å²) in [5.74, 6) is -0.0570. The summed E-state index contributed by atoms with van der Waals surface area (Å²) in [7, 11) is 4.05. The molecule has 0 radical (unpaired) electrons. The van der Waals surface area contributed by atoms with Crippen LogP contribution in [0.25, 0.3) is 22.2 Å². The summed E-state index contributed by atoms with van der Waals surface area (Å²) in [6, 6.07) is 18.9. The maximum Gasteiger partial charge on any atom is 0.337 e. The molecule has 0 fully saturated rings. The van der Waals surface area contributed by atoms with E-state index in [1.54, 1.807) is 12.1 Å². The van der Waals surface area contributed by atoms with Gasteiger partial charge in [0.1, 0.15) is 37.8 Å². The standard InChI is InChI=1S/C35H39N3O9/c1-23-5-9-29-31(17-23)46-15-16-47-32-20-25(27-18-24-6-7-26(35(41)44-4)19-28(24)36-27)8-10-30(32)38(22-34(40)43-3)12-14-45-13-11-37(29)21-33(39)42-2/h5-10,17-20,36H,11-16,21-22H2,1-4H3. The lowest BCUT2D eigenvalue weighted by atomic mass is 10.1. The van der Waals surface area contributed by atoms with Crippen molar-refractivity contribution in [2.45, 2.75) is 6.92 Å². The number of nitrogens with one attached hydrogen (secondary N) is 1. The maximum atomic E-state index is 12.5. The molecule has 0 amide bonds. The van der Waals surface area contributed by atoms with E-state index >= 15 is 0 Å². The van der Waals surface area contributed by atoms with Crippen molar-refractivity contribution in [1.82, 2.24) is 4.98 Å². The second-order valence-corrected chi connectivity index (χ2v) is 10.9. The number of aromatic nitrogens is 1. The van der Waals surface area contributed by atoms with Gasteiger partial charge >= 0.3 is 17.9 Å². The Morgan fingerprint density at radius 1 is 0.723 bits per heavy atom. The van der Waals surface area contributed by atoms with Gasteiger partial charge in [0.2, 0.25) is 0 Å². The van der Waals surface area contributed by atoms with Crippen molar-refractivity contribution in [2.24, 2.45) is 0 Å². The summed E-state index contributed by atoms with van der Waals surface area (Å²) in [6.07, 6.45) is 0. The average molecular weight is 646 g/mol. The predicted molar refractivity (Wildman–Crippen MR) is 177 cm³/mol. The zero-order chi connectivity index (χ0) is 33.3. The minimum Gasteiger partial charge on any atom is -0.488 e. The Labute approximate surface area is 273 Å². The number of rotatable bonds is 6. The highest BCUT2D eigenvalue weighted by Gasteiger charge is 2.21. The van der Waals surface area contributed by atoms with Crippen molar-refractivity contribution in [3.63, 3.8) is 0 Å². The topological polar surface area (TPSA) is 129 Å². The Kier molecular flexibility index (Phi) is 10.8. The van der Waals surface area contributed by atoms with Crippen LogP contribution in [0.5, 0.6) is 11.5 Å². The third kappa shape index (κ3) is 8.14. The van der Waals surface area contributed by atoms with Gasteiger partial charge in [0, 0.05) is 35.2 Å². The number of aromatic amines is 1. The van der Waals surface area contributed by atoms with Crippen LogP contribution in [-0.2, 0) is 28.5 Å². The molecule has 0 saturated heterocycles. The second kappa shape index (κ2) is 15.4. The second-order valence-electron chi connectivity index (χ2n) is 10.9. The number of methoxy groups -OCH3 is 3. The minimum atomic E-state index is -0.413. The van der Waals surface area contributed by atoms with Gasteiger partial charge in [0.25, 0.3) is 0 Å². The Balaban J connectivity index is 1.47. The van der Waals surface area contributed by atoms with E-state index in [-0.39, 0.29) is 32.3 Å². The van der Waals surface area contributed by atoms with Crippen molar-refractivity contribution < 1.29 is 42.8 Å². The van der Waals surface area contributed by atoms with E-state index in [1.165, 1.54) is 21.3 Å². The SMILES string of the molecule is COC(=O)CN1CCOCCN(CC(=O)OC)c2ccc(-c3cc4ccc(C(=O)OC)cc4[nH]3)cc2OCCOc2cc(C)ccc21. The van der Waals surface area contributed by atoms with Gasteiger partial charge in [-0.1, -0.05) is 18.2 Å². The highest BCUT2D eigenvalue weighted by Crippen LogP contribution is 2.35. The van der Waals surface area contributed by atoms with Crippen LogP contribution in [-0.4, -0.2) is 96.8 Å². The van der Waals surface area contributed by atoms with E-state index in [2.05, 4.69) is 4.98 Å². The van der Waals surface area contributed by atoms with Gasteiger partial charge in [-0.05, 0) is 55.0 Å². The molecule has 1 N–H and O–H groups in total. The molecule has 5 rings (SSSR count). The first-order valence-corrected chi connectivity index (χ1v) is 15.2. The predicted octanol–water partition coefficient (Wildman–Crippen LogP) is 4.38. The molecule has 0 aliphatic carbocycles. The van der Waals surface area contributed by atoms with E-state index in [0.717, 1.165) is 33.4 Å². The molecule has 47 heavy (non-hydrogen) atoms. The zero-order valence-electron chi connectivity index (χ0n) is 27.0. The summed E-state index contributed by atoms with van der Waals surface area (Å²) in [4.78, 5) is 43.9. The molecule has 1 aromatic heterocycles. The van der Waals surface area contributed by atoms with Gasteiger partial charge < -0.3 is 43.2 Å². The van der Waals surface area contributed by atoms with E-state index < -0.39 is 11.9 Å². The van der Waals surface area contributed by atoms with E-state index in [1.807, 2.05) is 65.3 Å². The Hall–Kier alpha value is -5.23. The molecule has 1 aliphatic heterocycles. The van der Waals surface area contributed by atoms with E-state index in [0.29, 0.717) is 49.1 Å².